The monoisotopic (exact) mass is 407 g/mol. The molecule has 156 valence electrons. The second-order valence-corrected chi connectivity index (χ2v) is 6.88. The standard InChI is InChI=1S/C22H25N5O3/c1-3-18-20(21(29)27(26(18)2)16-12-8-5-9-13-16)25-19(28)14-17(24-22(23)30)15-10-6-4-7-11-15/h4-13,17H,3,14H2,1-2H3,(H,25,28)(H3,23,24,30). The lowest BCUT2D eigenvalue weighted by Crippen LogP contribution is -2.35. The molecule has 30 heavy (non-hydrogen) atoms. The maximum atomic E-state index is 13.1. The van der Waals surface area contributed by atoms with E-state index in [4.69, 9.17) is 5.73 Å². The number of nitrogens with one attached hydrogen (secondary N) is 2. The highest BCUT2D eigenvalue weighted by Gasteiger charge is 2.22. The summed E-state index contributed by atoms with van der Waals surface area (Å²) in [4.78, 5) is 37.3. The van der Waals surface area contributed by atoms with Gasteiger partial charge in [-0.3, -0.25) is 14.3 Å². The van der Waals surface area contributed by atoms with Gasteiger partial charge in [-0.25, -0.2) is 9.48 Å². The molecule has 0 fully saturated rings. The fourth-order valence-electron chi connectivity index (χ4n) is 3.52. The molecule has 0 saturated heterocycles. The zero-order chi connectivity index (χ0) is 21.7. The van der Waals surface area contributed by atoms with Gasteiger partial charge in [-0.1, -0.05) is 55.5 Å². The number of rotatable bonds is 7. The van der Waals surface area contributed by atoms with Crippen LogP contribution in [-0.2, 0) is 18.3 Å². The van der Waals surface area contributed by atoms with Crippen LogP contribution in [0.5, 0.6) is 0 Å². The Morgan fingerprint density at radius 2 is 1.63 bits per heavy atom. The number of amides is 3. The Hall–Kier alpha value is -3.81. The van der Waals surface area contributed by atoms with Crippen LogP contribution >= 0.6 is 0 Å². The number of urea groups is 1. The molecule has 4 N–H and O–H groups in total. The smallest absolute Gasteiger partial charge is 0.312 e. The lowest BCUT2D eigenvalue weighted by atomic mass is 10.0. The first-order valence-electron chi connectivity index (χ1n) is 9.69. The molecule has 0 aliphatic heterocycles. The fraction of sp³-hybridized carbons (Fsp3) is 0.227. The molecule has 2 aromatic carbocycles. The third-order valence-corrected chi connectivity index (χ3v) is 4.89. The van der Waals surface area contributed by atoms with E-state index < -0.39 is 18.0 Å². The van der Waals surface area contributed by atoms with Crippen LogP contribution in [0.25, 0.3) is 5.69 Å². The first-order chi connectivity index (χ1) is 14.4. The third-order valence-electron chi connectivity index (χ3n) is 4.89. The predicted molar refractivity (Wildman–Crippen MR) is 116 cm³/mol. The van der Waals surface area contributed by atoms with E-state index in [1.54, 1.807) is 23.9 Å². The third kappa shape index (κ3) is 4.43. The van der Waals surface area contributed by atoms with E-state index in [1.807, 2.05) is 55.5 Å². The summed E-state index contributed by atoms with van der Waals surface area (Å²) in [7, 11) is 1.78. The molecule has 0 aliphatic carbocycles. The van der Waals surface area contributed by atoms with Gasteiger partial charge in [0.2, 0.25) is 5.91 Å². The van der Waals surface area contributed by atoms with Gasteiger partial charge in [0, 0.05) is 7.05 Å². The van der Waals surface area contributed by atoms with Gasteiger partial charge in [-0.05, 0) is 24.1 Å². The molecule has 0 saturated carbocycles. The van der Waals surface area contributed by atoms with Gasteiger partial charge in [0.1, 0.15) is 5.69 Å². The average Bonchev–Trinajstić information content (AvgIpc) is 2.97. The minimum Gasteiger partial charge on any atom is -0.352 e. The van der Waals surface area contributed by atoms with Crippen LogP contribution < -0.4 is 21.9 Å². The van der Waals surface area contributed by atoms with Crippen molar-refractivity contribution in [1.29, 1.82) is 0 Å². The molecule has 1 unspecified atom stereocenters. The molecule has 8 heteroatoms. The highest BCUT2D eigenvalue weighted by Crippen LogP contribution is 2.20. The van der Waals surface area contributed by atoms with Gasteiger partial charge >= 0.3 is 6.03 Å². The summed E-state index contributed by atoms with van der Waals surface area (Å²) in [5, 5.41) is 5.34. The number of anilines is 1. The van der Waals surface area contributed by atoms with Crippen LogP contribution in [0.1, 0.15) is 30.6 Å². The Bertz CT molecular complexity index is 1090. The summed E-state index contributed by atoms with van der Waals surface area (Å²) in [6, 6.07) is 17.0. The van der Waals surface area contributed by atoms with E-state index in [9.17, 15) is 14.4 Å². The SMILES string of the molecule is CCc1c(NC(=O)CC(NC(N)=O)c2ccccc2)c(=O)n(-c2ccccc2)n1C. The fourth-order valence-corrected chi connectivity index (χ4v) is 3.52. The van der Waals surface area contributed by atoms with Gasteiger partial charge in [-0.2, -0.15) is 0 Å². The van der Waals surface area contributed by atoms with E-state index in [1.165, 1.54) is 4.68 Å². The molecule has 3 amide bonds. The van der Waals surface area contributed by atoms with Crippen molar-refractivity contribution >= 4 is 17.6 Å². The van der Waals surface area contributed by atoms with Crippen molar-refractivity contribution in [3.63, 3.8) is 0 Å². The zero-order valence-electron chi connectivity index (χ0n) is 17.0. The van der Waals surface area contributed by atoms with Crippen LogP contribution in [0.15, 0.2) is 65.5 Å². The van der Waals surface area contributed by atoms with Crippen molar-refractivity contribution in [2.75, 3.05) is 5.32 Å². The molecule has 1 atom stereocenters. The van der Waals surface area contributed by atoms with Crippen LogP contribution in [-0.4, -0.2) is 21.3 Å². The van der Waals surface area contributed by atoms with Crippen LogP contribution in [0.2, 0.25) is 0 Å². The molecular weight excluding hydrogens is 382 g/mol. The maximum Gasteiger partial charge on any atom is 0.312 e. The van der Waals surface area contributed by atoms with E-state index in [0.29, 0.717) is 17.8 Å². The number of carbonyl (C=O) groups is 2. The molecule has 0 bridgehead atoms. The highest BCUT2D eigenvalue weighted by molar-refractivity contribution is 5.92. The number of aromatic nitrogens is 2. The molecular formula is C22H25N5O3. The number of para-hydroxylation sites is 1. The molecule has 0 radical (unpaired) electrons. The average molecular weight is 407 g/mol. The normalized spacial score (nSPS) is 11.7. The summed E-state index contributed by atoms with van der Waals surface area (Å²) >= 11 is 0. The van der Waals surface area contributed by atoms with Crippen LogP contribution in [0, 0.1) is 0 Å². The highest BCUT2D eigenvalue weighted by atomic mass is 16.2. The minimum atomic E-state index is -0.725. The summed E-state index contributed by atoms with van der Waals surface area (Å²) in [6.45, 7) is 1.92. The Balaban J connectivity index is 1.89. The minimum absolute atomic E-state index is 0.0597. The largest absolute Gasteiger partial charge is 0.352 e. The van der Waals surface area contributed by atoms with Crippen LogP contribution in [0.4, 0.5) is 10.5 Å². The number of nitrogens with zero attached hydrogens (tertiary/aromatic N) is 2. The maximum absolute atomic E-state index is 13.1. The number of hydrogen-bond donors (Lipinski definition) is 3. The molecule has 8 nitrogen and oxygen atoms in total. The van der Waals surface area contributed by atoms with Crippen molar-refractivity contribution in [1.82, 2.24) is 14.7 Å². The van der Waals surface area contributed by atoms with Crippen LogP contribution in [0.3, 0.4) is 0 Å². The Morgan fingerprint density at radius 1 is 1.03 bits per heavy atom. The first kappa shape index (κ1) is 20.9. The molecule has 1 heterocycles. The second-order valence-electron chi connectivity index (χ2n) is 6.88. The molecule has 3 rings (SSSR count). The van der Waals surface area contributed by atoms with Gasteiger partial charge in [-0.15, -0.1) is 0 Å². The Labute approximate surface area is 174 Å². The van der Waals surface area contributed by atoms with Crippen molar-refractivity contribution < 1.29 is 9.59 Å². The topological polar surface area (TPSA) is 111 Å². The quantitative estimate of drug-likeness (QED) is 0.559. The van der Waals surface area contributed by atoms with Gasteiger partial charge < -0.3 is 16.4 Å². The zero-order valence-corrected chi connectivity index (χ0v) is 17.0. The van der Waals surface area contributed by atoms with E-state index in [0.717, 1.165) is 5.56 Å². The summed E-state index contributed by atoms with van der Waals surface area (Å²) in [5.41, 5.74) is 7.36. The first-order valence-corrected chi connectivity index (χ1v) is 9.69. The molecule has 3 aromatic rings. The van der Waals surface area contributed by atoms with E-state index in [2.05, 4.69) is 10.6 Å². The van der Waals surface area contributed by atoms with E-state index >= 15 is 0 Å². The Morgan fingerprint density at radius 3 is 2.20 bits per heavy atom. The second kappa shape index (κ2) is 9.13. The predicted octanol–water partition coefficient (Wildman–Crippen LogP) is 2.48. The molecule has 1 aromatic heterocycles. The van der Waals surface area contributed by atoms with Gasteiger partial charge in [0.15, 0.2) is 0 Å². The summed E-state index contributed by atoms with van der Waals surface area (Å²) in [6.07, 6.45) is 0.499. The number of benzene rings is 2. The summed E-state index contributed by atoms with van der Waals surface area (Å²) < 4.78 is 3.26. The number of nitrogens with two attached hydrogens (primary N) is 1. The van der Waals surface area contributed by atoms with Crippen molar-refractivity contribution in [3.8, 4) is 5.69 Å². The van der Waals surface area contributed by atoms with Crippen molar-refractivity contribution in [2.45, 2.75) is 25.8 Å². The lowest BCUT2D eigenvalue weighted by molar-refractivity contribution is -0.116. The molecule has 0 aliphatic rings. The molecule has 0 spiro atoms. The number of carbonyl (C=O) groups excluding carboxylic acids is 2. The van der Waals surface area contributed by atoms with E-state index in [-0.39, 0.29) is 17.7 Å². The van der Waals surface area contributed by atoms with Gasteiger partial charge in [0.05, 0.1) is 23.8 Å². The van der Waals surface area contributed by atoms with Crippen molar-refractivity contribution in [3.05, 3.63) is 82.3 Å². The Kier molecular flexibility index (Phi) is 6.36. The summed E-state index contributed by atoms with van der Waals surface area (Å²) in [5.74, 6) is -0.393. The number of primary amides is 1. The lowest BCUT2D eigenvalue weighted by Gasteiger charge is -2.17. The van der Waals surface area contributed by atoms with Crippen molar-refractivity contribution in [2.24, 2.45) is 12.8 Å². The van der Waals surface area contributed by atoms with Gasteiger partial charge in [0.25, 0.3) is 5.56 Å². The number of hydrogen-bond acceptors (Lipinski definition) is 3.